The zero-order valence-electron chi connectivity index (χ0n) is 17.7. The van der Waals surface area contributed by atoms with E-state index in [1.54, 1.807) is 31.3 Å². The molecule has 166 valence electrons. The second-order valence-corrected chi connectivity index (χ2v) is 9.64. The molecule has 4 rings (SSSR count). The van der Waals surface area contributed by atoms with Crippen LogP contribution in [0.4, 0.5) is 5.69 Å². The minimum absolute atomic E-state index is 0.193. The van der Waals surface area contributed by atoms with E-state index in [4.69, 9.17) is 0 Å². The zero-order chi connectivity index (χ0) is 22.7. The van der Waals surface area contributed by atoms with E-state index in [9.17, 15) is 18.0 Å². The molecule has 0 atom stereocenters. The summed E-state index contributed by atoms with van der Waals surface area (Å²) in [4.78, 5) is 24.4. The molecule has 9 heteroatoms. The van der Waals surface area contributed by atoms with Crippen molar-refractivity contribution in [2.24, 2.45) is 7.05 Å². The molecule has 1 saturated heterocycles. The van der Waals surface area contributed by atoms with Crippen LogP contribution in [0.3, 0.4) is 0 Å². The maximum atomic E-state index is 12.8. The van der Waals surface area contributed by atoms with Crippen molar-refractivity contribution in [1.29, 1.82) is 0 Å². The number of aryl methyl sites for hydroxylation is 1. The van der Waals surface area contributed by atoms with Crippen LogP contribution in [-0.2, 0) is 17.1 Å². The maximum Gasteiger partial charge on any atom is 0.266 e. The number of sulfonamides is 1. The van der Waals surface area contributed by atoms with Crippen molar-refractivity contribution in [2.45, 2.75) is 24.2 Å². The first-order chi connectivity index (χ1) is 15.3. The fraction of sp³-hybridized carbons (Fsp3) is 0.261. The Morgan fingerprint density at radius 1 is 0.969 bits per heavy atom. The van der Waals surface area contributed by atoms with Crippen LogP contribution in [0, 0.1) is 0 Å². The third kappa shape index (κ3) is 4.63. The fourth-order valence-corrected chi connectivity index (χ4v) is 5.17. The summed E-state index contributed by atoms with van der Waals surface area (Å²) >= 11 is 0. The summed E-state index contributed by atoms with van der Waals surface area (Å²) in [7, 11) is -1.96. The van der Waals surface area contributed by atoms with Gasteiger partial charge in [-0.15, -0.1) is 0 Å². The number of benzene rings is 2. The predicted molar refractivity (Wildman–Crippen MR) is 122 cm³/mol. The highest BCUT2D eigenvalue weighted by atomic mass is 32.2. The summed E-state index contributed by atoms with van der Waals surface area (Å²) in [6.45, 7) is 1.07. The van der Waals surface area contributed by atoms with Crippen LogP contribution < -0.4 is 10.9 Å². The van der Waals surface area contributed by atoms with E-state index in [1.165, 1.54) is 39.3 Å². The molecule has 1 N–H and O–H groups in total. The van der Waals surface area contributed by atoms with Gasteiger partial charge in [-0.2, -0.15) is 9.40 Å². The summed E-state index contributed by atoms with van der Waals surface area (Å²) < 4.78 is 28.3. The largest absolute Gasteiger partial charge is 0.322 e. The second kappa shape index (κ2) is 9.05. The van der Waals surface area contributed by atoms with Crippen molar-refractivity contribution in [1.82, 2.24) is 14.1 Å². The van der Waals surface area contributed by atoms with Gasteiger partial charge in [0.2, 0.25) is 10.0 Å². The van der Waals surface area contributed by atoms with E-state index < -0.39 is 10.0 Å². The van der Waals surface area contributed by atoms with Gasteiger partial charge in [-0.05, 0) is 55.3 Å². The second-order valence-electron chi connectivity index (χ2n) is 7.70. The Hall–Kier alpha value is -3.30. The molecule has 0 saturated carbocycles. The van der Waals surface area contributed by atoms with Gasteiger partial charge in [0.15, 0.2) is 0 Å². The van der Waals surface area contributed by atoms with Gasteiger partial charge in [-0.1, -0.05) is 18.6 Å². The number of rotatable bonds is 5. The standard InChI is InChI=1S/C23H24N4O4S/c1-26-22(28)13-12-21(25-26)18-6-5-7-19(16-18)24-23(29)17-8-10-20(11-9-17)32(30,31)27-14-3-2-4-15-27/h5-13,16H,2-4,14-15H2,1H3,(H,24,29). The minimum Gasteiger partial charge on any atom is -0.322 e. The van der Waals surface area contributed by atoms with Crippen molar-refractivity contribution in [3.05, 3.63) is 76.6 Å². The van der Waals surface area contributed by atoms with Crippen molar-refractivity contribution in [3.63, 3.8) is 0 Å². The van der Waals surface area contributed by atoms with Crippen molar-refractivity contribution in [2.75, 3.05) is 18.4 Å². The molecular formula is C23H24N4O4S. The Balaban J connectivity index is 1.49. The summed E-state index contributed by atoms with van der Waals surface area (Å²) in [6.07, 6.45) is 2.78. The molecule has 2 aromatic carbocycles. The highest BCUT2D eigenvalue weighted by Crippen LogP contribution is 2.23. The minimum atomic E-state index is -3.54. The molecular weight excluding hydrogens is 428 g/mol. The van der Waals surface area contributed by atoms with Crippen LogP contribution in [0.1, 0.15) is 29.6 Å². The van der Waals surface area contributed by atoms with E-state index in [0.717, 1.165) is 24.8 Å². The van der Waals surface area contributed by atoms with E-state index >= 15 is 0 Å². The van der Waals surface area contributed by atoms with Crippen LogP contribution in [0.2, 0.25) is 0 Å². The molecule has 32 heavy (non-hydrogen) atoms. The number of hydrogen-bond acceptors (Lipinski definition) is 5. The molecule has 1 amide bonds. The monoisotopic (exact) mass is 452 g/mol. The Labute approximate surface area is 186 Å². The third-order valence-corrected chi connectivity index (χ3v) is 7.36. The Morgan fingerprint density at radius 3 is 2.38 bits per heavy atom. The van der Waals surface area contributed by atoms with Gasteiger partial charge >= 0.3 is 0 Å². The number of carbonyl (C=O) groups is 1. The molecule has 1 aromatic heterocycles. The van der Waals surface area contributed by atoms with Crippen molar-refractivity contribution >= 4 is 21.6 Å². The summed E-state index contributed by atoms with van der Waals surface area (Å²) in [5, 5.41) is 7.04. The summed E-state index contributed by atoms with van der Waals surface area (Å²) in [6, 6.07) is 16.2. The number of nitrogens with zero attached hydrogens (tertiary/aromatic N) is 3. The first-order valence-electron chi connectivity index (χ1n) is 10.4. The van der Waals surface area contributed by atoms with Gasteiger partial charge in [0.05, 0.1) is 10.6 Å². The molecule has 1 fully saturated rings. The molecule has 1 aliphatic rings. The normalized spacial score (nSPS) is 14.8. The topological polar surface area (TPSA) is 101 Å². The lowest BCUT2D eigenvalue weighted by molar-refractivity contribution is 0.102. The number of hydrogen-bond donors (Lipinski definition) is 1. The number of amides is 1. The molecule has 0 radical (unpaired) electrons. The quantitative estimate of drug-likeness (QED) is 0.641. The van der Waals surface area contributed by atoms with Crippen LogP contribution in [0.15, 0.2) is 70.4 Å². The third-order valence-electron chi connectivity index (χ3n) is 5.45. The number of aromatic nitrogens is 2. The lowest BCUT2D eigenvalue weighted by atomic mass is 10.1. The van der Waals surface area contributed by atoms with Crippen LogP contribution in [-0.4, -0.2) is 41.5 Å². The first kappa shape index (κ1) is 21.9. The Bertz CT molecular complexity index is 1290. The number of anilines is 1. The average Bonchev–Trinajstić information content (AvgIpc) is 2.81. The lowest BCUT2D eigenvalue weighted by Gasteiger charge is -2.25. The predicted octanol–water partition coefficient (Wildman–Crippen LogP) is 2.87. The Morgan fingerprint density at radius 2 is 1.69 bits per heavy atom. The molecule has 0 aliphatic carbocycles. The smallest absolute Gasteiger partial charge is 0.266 e. The number of piperidine rings is 1. The maximum absolute atomic E-state index is 12.8. The molecule has 3 aromatic rings. The van der Waals surface area contributed by atoms with E-state index in [2.05, 4.69) is 10.4 Å². The highest BCUT2D eigenvalue weighted by Gasteiger charge is 2.25. The summed E-state index contributed by atoms with van der Waals surface area (Å²) in [5.41, 5.74) is 2.07. The van der Waals surface area contributed by atoms with Gasteiger partial charge in [-0.25, -0.2) is 13.1 Å². The molecule has 0 bridgehead atoms. The zero-order valence-corrected chi connectivity index (χ0v) is 18.5. The van der Waals surface area contributed by atoms with Crippen LogP contribution >= 0.6 is 0 Å². The Kier molecular flexibility index (Phi) is 6.20. The molecule has 8 nitrogen and oxygen atoms in total. The highest BCUT2D eigenvalue weighted by molar-refractivity contribution is 7.89. The lowest BCUT2D eigenvalue weighted by Crippen LogP contribution is -2.35. The molecule has 2 heterocycles. The number of nitrogens with one attached hydrogen (secondary N) is 1. The van der Waals surface area contributed by atoms with Crippen molar-refractivity contribution < 1.29 is 13.2 Å². The van der Waals surface area contributed by atoms with Crippen LogP contribution in [0.25, 0.3) is 11.3 Å². The van der Waals surface area contributed by atoms with Gasteiger partial charge in [0, 0.05) is 43.0 Å². The molecule has 0 spiro atoms. The van der Waals surface area contributed by atoms with Gasteiger partial charge < -0.3 is 5.32 Å². The number of carbonyl (C=O) groups excluding carboxylic acids is 1. The molecule has 0 unspecified atom stereocenters. The van der Waals surface area contributed by atoms with Crippen LogP contribution in [0.5, 0.6) is 0 Å². The average molecular weight is 453 g/mol. The van der Waals surface area contributed by atoms with Crippen molar-refractivity contribution in [3.8, 4) is 11.3 Å². The van der Waals surface area contributed by atoms with E-state index in [0.29, 0.717) is 30.0 Å². The van der Waals surface area contributed by atoms with E-state index in [1.807, 2.05) is 6.07 Å². The van der Waals surface area contributed by atoms with E-state index in [-0.39, 0.29) is 16.4 Å². The van der Waals surface area contributed by atoms with Gasteiger partial charge in [0.1, 0.15) is 0 Å². The molecule has 1 aliphatic heterocycles. The summed E-state index contributed by atoms with van der Waals surface area (Å²) in [5.74, 6) is -0.350. The van der Waals surface area contributed by atoms with Gasteiger partial charge in [0.25, 0.3) is 11.5 Å². The fourth-order valence-electron chi connectivity index (χ4n) is 3.65. The first-order valence-corrected chi connectivity index (χ1v) is 11.8. The SMILES string of the molecule is Cn1nc(-c2cccc(NC(=O)c3ccc(S(=O)(=O)N4CCCCC4)cc3)c2)ccc1=O. The van der Waals surface area contributed by atoms with Gasteiger partial charge in [-0.3, -0.25) is 9.59 Å².